The first-order chi connectivity index (χ1) is 6.24. The molecule has 0 amide bonds. The van der Waals surface area contributed by atoms with Gasteiger partial charge in [-0.05, 0) is 37.5 Å². The zero-order valence-corrected chi connectivity index (χ0v) is 8.32. The zero-order valence-electron chi connectivity index (χ0n) is 8.32. The van der Waals surface area contributed by atoms with Gasteiger partial charge in [-0.15, -0.1) is 0 Å². The van der Waals surface area contributed by atoms with Crippen LogP contribution in [0.2, 0.25) is 0 Å². The molecule has 0 heterocycles. The first kappa shape index (κ1) is 10.7. The van der Waals surface area contributed by atoms with E-state index < -0.39 is 0 Å². The van der Waals surface area contributed by atoms with E-state index in [0.717, 1.165) is 25.7 Å². The van der Waals surface area contributed by atoms with Gasteiger partial charge in [-0.25, -0.2) is 0 Å². The van der Waals surface area contributed by atoms with Gasteiger partial charge in [-0.2, -0.15) is 0 Å². The number of hydrogen-bond acceptors (Lipinski definition) is 2. The second-order valence-corrected chi connectivity index (χ2v) is 4.05. The molecule has 2 N–H and O–H groups in total. The highest BCUT2D eigenvalue weighted by atomic mass is 16.3. The molecule has 0 aliphatic heterocycles. The second kappa shape index (κ2) is 5.40. The van der Waals surface area contributed by atoms with Crippen LogP contribution in [-0.2, 0) is 0 Å². The van der Waals surface area contributed by atoms with Crippen LogP contribution in [0.1, 0.15) is 32.6 Å². The average Bonchev–Trinajstić information content (AvgIpc) is 2.11. The number of aliphatic hydroxyl groups is 2. The molecule has 0 aromatic heterocycles. The Labute approximate surface area is 80.3 Å². The quantitative estimate of drug-likeness (QED) is 0.656. The Bertz CT molecular complexity index is 165. The third-order valence-corrected chi connectivity index (χ3v) is 2.91. The Morgan fingerprint density at radius 3 is 2.85 bits per heavy atom. The molecule has 2 nitrogen and oxygen atoms in total. The Morgan fingerprint density at radius 2 is 2.15 bits per heavy atom. The van der Waals surface area contributed by atoms with Crippen molar-refractivity contribution in [2.24, 2.45) is 11.8 Å². The third kappa shape index (κ3) is 3.49. The highest BCUT2D eigenvalue weighted by Crippen LogP contribution is 2.30. The summed E-state index contributed by atoms with van der Waals surface area (Å²) in [4.78, 5) is 0. The van der Waals surface area contributed by atoms with Gasteiger partial charge in [0, 0.05) is 6.61 Å². The van der Waals surface area contributed by atoms with E-state index in [9.17, 15) is 5.11 Å². The topological polar surface area (TPSA) is 40.5 Å². The van der Waals surface area contributed by atoms with Crippen LogP contribution in [0, 0.1) is 11.8 Å². The summed E-state index contributed by atoms with van der Waals surface area (Å²) in [7, 11) is 0. The molecule has 3 unspecified atom stereocenters. The smallest absolute Gasteiger partial charge is 0.0546 e. The minimum absolute atomic E-state index is 0.111. The van der Waals surface area contributed by atoms with E-state index in [1.165, 1.54) is 0 Å². The van der Waals surface area contributed by atoms with Crippen molar-refractivity contribution >= 4 is 0 Å². The summed E-state index contributed by atoms with van der Waals surface area (Å²) in [5, 5.41) is 18.1. The largest absolute Gasteiger partial charge is 0.396 e. The Morgan fingerprint density at radius 1 is 1.38 bits per heavy atom. The average molecular weight is 184 g/mol. The van der Waals surface area contributed by atoms with Gasteiger partial charge in [0.15, 0.2) is 0 Å². The molecular formula is C11H20O2. The SMILES string of the molecule is CC1CCC(O)CC1C=CCCO. The first-order valence-electron chi connectivity index (χ1n) is 5.19. The van der Waals surface area contributed by atoms with Crippen LogP contribution in [0.15, 0.2) is 12.2 Å². The fourth-order valence-corrected chi connectivity index (χ4v) is 1.95. The van der Waals surface area contributed by atoms with Gasteiger partial charge in [-0.1, -0.05) is 19.1 Å². The van der Waals surface area contributed by atoms with Gasteiger partial charge in [0.05, 0.1) is 6.10 Å². The van der Waals surface area contributed by atoms with Crippen LogP contribution in [0.25, 0.3) is 0 Å². The Hall–Kier alpha value is -0.340. The molecule has 1 rings (SSSR count). The molecule has 13 heavy (non-hydrogen) atoms. The highest BCUT2D eigenvalue weighted by Gasteiger charge is 2.24. The summed E-state index contributed by atoms with van der Waals surface area (Å²) in [6.07, 6.45) is 7.77. The van der Waals surface area contributed by atoms with Crippen molar-refractivity contribution in [3.8, 4) is 0 Å². The van der Waals surface area contributed by atoms with E-state index in [2.05, 4.69) is 13.0 Å². The van der Waals surface area contributed by atoms with E-state index in [-0.39, 0.29) is 12.7 Å². The second-order valence-electron chi connectivity index (χ2n) is 4.05. The van der Waals surface area contributed by atoms with E-state index in [1.54, 1.807) is 0 Å². The molecule has 0 radical (unpaired) electrons. The van der Waals surface area contributed by atoms with Crippen LogP contribution in [0.4, 0.5) is 0 Å². The van der Waals surface area contributed by atoms with Crippen LogP contribution < -0.4 is 0 Å². The number of rotatable bonds is 3. The summed E-state index contributed by atoms with van der Waals surface area (Å²) in [6, 6.07) is 0. The van der Waals surface area contributed by atoms with Crippen molar-refractivity contribution < 1.29 is 10.2 Å². The molecule has 0 aromatic carbocycles. The van der Waals surface area contributed by atoms with Gasteiger partial charge in [0.25, 0.3) is 0 Å². The summed E-state index contributed by atoms with van der Waals surface area (Å²) < 4.78 is 0. The fraction of sp³-hybridized carbons (Fsp3) is 0.818. The standard InChI is InChI=1S/C11H20O2/c1-9-5-6-11(13)8-10(9)4-2-3-7-12/h2,4,9-13H,3,5-8H2,1H3. The van der Waals surface area contributed by atoms with Crippen molar-refractivity contribution in [3.63, 3.8) is 0 Å². The maximum atomic E-state index is 9.47. The predicted octanol–water partition coefficient (Wildman–Crippen LogP) is 1.72. The minimum atomic E-state index is -0.111. The number of allylic oxidation sites excluding steroid dienone is 1. The van der Waals surface area contributed by atoms with Gasteiger partial charge in [0.1, 0.15) is 0 Å². The lowest BCUT2D eigenvalue weighted by Crippen LogP contribution is -2.24. The molecule has 0 spiro atoms. The molecule has 3 atom stereocenters. The number of aliphatic hydroxyl groups excluding tert-OH is 2. The van der Waals surface area contributed by atoms with E-state index in [4.69, 9.17) is 5.11 Å². The minimum Gasteiger partial charge on any atom is -0.396 e. The Balaban J connectivity index is 2.37. The van der Waals surface area contributed by atoms with Crippen molar-refractivity contribution in [2.75, 3.05) is 6.61 Å². The zero-order chi connectivity index (χ0) is 9.68. The third-order valence-electron chi connectivity index (χ3n) is 2.91. The molecule has 1 fully saturated rings. The highest BCUT2D eigenvalue weighted by molar-refractivity contribution is 4.94. The summed E-state index contributed by atoms with van der Waals surface area (Å²) in [5.74, 6) is 1.19. The van der Waals surface area contributed by atoms with Crippen molar-refractivity contribution in [3.05, 3.63) is 12.2 Å². The summed E-state index contributed by atoms with van der Waals surface area (Å²) in [5.41, 5.74) is 0. The molecule has 1 aliphatic rings. The molecule has 0 aromatic rings. The van der Waals surface area contributed by atoms with Crippen LogP contribution in [-0.4, -0.2) is 22.9 Å². The van der Waals surface area contributed by atoms with Crippen molar-refractivity contribution in [2.45, 2.75) is 38.7 Å². The lowest BCUT2D eigenvalue weighted by molar-refractivity contribution is 0.0896. The number of hydrogen-bond donors (Lipinski definition) is 2. The van der Waals surface area contributed by atoms with Crippen LogP contribution in [0.5, 0.6) is 0 Å². The summed E-state index contributed by atoms with van der Waals surface area (Å²) >= 11 is 0. The Kier molecular flexibility index (Phi) is 4.46. The maximum Gasteiger partial charge on any atom is 0.0546 e. The van der Waals surface area contributed by atoms with Crippen molar-refractivity contribution in [1.29, 1.82) is 0 Å². The van der Waals surface area contributed by atoms with Gasteiger partial charge in [-0.3, -0.25) is 0 Å². The normalized spacial score (nSPS) is 35.5. The van der Waals surface area contributed by atoms with Gasteiger partial charge < -0.3 is 10.2 Å². The summed E-state index contributed by atoms with van der Waals surface area (Å²) in [6.45, 7) is 2.46. The molecule has 1 aliphatic carbocycles. The van der Waals surface area contributed by atoms with E-state index >= 15 is 0 Å². The predicted molar refractivity (Wildman–Crippen MR) is 53.4 cm³/mol. The van der Waals surface area contributed by atoms with Crippen LogP contribution >= 0.6 is 0 Å². The molecule has 2 heteroatoms. The van der Waals surface area contributed by atoms with E-state index in [1.807, 2.05) is 6.08 Å². The first-order valence-corrected chi connectivity index (χ1v) is 5.19. The fourth-order valence-electron chi connectivity index (χ4n) is 1.95. The lowest BCUT2D eigenvalue weighted by atomic mass is 9.79. The van der Waals surface area contributed by atoms with Gasteiger partial charge >= 0.3 is 0 Å². The molecule has 76 valence electrons. The van der Waals surface area contributed by atoms with E-state index in [0.29, 0.717) is 11.8 Å². The van der Waals surface area contributed by atoms with Gasteiger partial charge in [0.2, 0.25) is 0 Å². The molecule has 1 saturated carbocycles. The molecule has 0 saturated heterocycles. The molecule has 0 bridgehead atoms. The monoisotopic (exact) mass is 184 g/mol. The van der Waals surface area contributed by atoms with Crippen molar-refractivity contribution in [1.82, 2.24) is 0 Å². The lowest BCUT2D eigenvalue weighted by Gasteiger charge is -2.29. The maximum absolute atomic E-state index is 9.47. The molecular weight excluding hydrogens is 164 g/mol. The van der Waals surface area contributed by atoms with Crippen LogP contribution in [0.3, 0.4) is 0 Å².